The number of likely N-dealkylation sites (tertiary alicyclic amines) is 1. The topological polar surface area (TPSA) is 82.6 Å². The lowest BCUT2D eigenvalue weighted by Gasteiger charge is -2.21. The van der Waals surface area contributed by atoms with Gasteiger partial charge in [0.1, 0.15) is 18.4 Å². The first-order valence-corrected chi connectivity index (χ1v) is 11.0. The highest BCUT2D eigenvalue weighted by Crippen LogP contribution is 2.29. The summed E-state index contributed by atoms with van der Waals surface area (Å²) in [5.41, 5.74) is 4.71. The van der Waals surface area contributed by atoms with Crippen LogP contribution >= 0.6 is 0 Å². The zero-order chi connectivity index (χ0) is 22.8. The van der Waals surface area contributed by atoms with Crippen molar-refractivity contribution in [2.24, 2.45) is 0 Å². The highest BCUT2D eigenvalue weighted by Gasteiger charge is 2.34. The highest BCUT2D eigenvalue weighted by atomic mass is 16.5. The molecule has 0 saturated carbocycles. The number of carbonyl (C=O) groups excluding carboxylic acids is 1. The van der Waals surface area contributed by atoms with Gasteiger partial charge in [0.25, 0.3) is 5.91 Å². The number of fused-ring (bicyclic) bond motifs is 1. The molecule has 1 aliphatic rings. The number of hydrogen-bond acceptors (Lipinski definition) is 3. The van der Waals surface area contributed by atoms with Crippen LogP contribution in [-0.2, 0) is 11.4 Å². The van der Waals surface area contributed by atoms with Gasteiger partial charge < -0.3 is 19.7 Å². The molecule has 2 heterocycles. The van der Waals surface area contributed by atoms with Crippen molar-refractivity contribution in [1.29, 1.82) is 0 Å². The zero-order valence-corrected chi connectivity index (χ0v) is 18.0. The Morgan fingerprint density at radius 2 is 1.85 bits per heavy atom. The first-order valence-electron chi connectivity index (χ1n) is 11.0. The van der Waals surface area contributed by atoms with Crippen LogP contribution in [0.5, 0.6) is 5.75 Å². The Morgan fingerprint density at radius 3 is 2.67 bits per heavy atom. The van der Waals surface area contributed by atoms with E-state index in [0.29, 0.717) is 31.6 Å². The second-order valence-corrected chi connectivity index (χ2v) is 8.25. The van der Waals surface area contributed by atoms with Crippen LogP contribution in [0, 0.1) is 0 Å². The first-order chi connectivity index (χ1) is 16.1. The van der Waals surface area contributed by atoms with E-state index in [4.69, 9.17) is 4.74 Å². The molecule has 0 unspecified atom stereocenters. The normalized spacial score (nSPS) is 15.6. The van der Waals surface area contributed by atoms with E-state index in [2.05, 4.69) is 23.2 Å². The van der Waals surface area contributed by atoms with E-state index in [1.807, 2.05) is 42.6 Å². The molecular formula is C27H24N2O4. The Labute approximate surface area is 191 Å². The van der Waals surface area contributed by atoms with Crippen molar-refractivity contribution in [3.05, 3.63) is 90.1 Å². The summed E-state index contributed by atoms with van der Waals surface area (Å²) in [6.45, 7) is 0.787. The molecule has 0 radical (unpaired) electrons. The van der Waals surface area contributed by atoms with E-state index in [1.165, 1.54) is 10.3 Å². The van der Waals surface area contributed by atoms with Gasteiger partial charge in [-0.3, -0.25) is 4.79 Å². The lowest BCUT2D eigenvalue weighted by atomic mass is 10.0. The Bertz CT molecular complexity index is 1310. The van der Waals surface area contributed by atoms with Gasteiger partial charge in [-0.1, -0.05) is 36.4 Å². The maximum atomic E-state index is 12.9. The number of aromatic nitrogens is 1. The molecule has 4 aromatic rings. The van der Waals surface area contributed by atoms with Gasteiger partial charge in [0.15, 0.2) is 0 Å². The summed E-state index contributed by atoms with van der Waals surface area (Å²) in [4.78, 5) is 29.0. The van der Waals surface area contributed by atoms with E-state index < -0.39 is 12.0 Å². The third-order valence-electron chi connectivity index (χ3n) is 6.14. The smallest absolute Gasteiger partial charge is 0.326 e. The molecule has 1 amide bonds. The summed E-state index contributed by atoms with van der Waals surface area (Å²) in [5, 5.41) is 10.5. The molecule has 1 aromatic heterocycles. The SMILES string of the molecule is O=C(O)[C@@H]1CCCN1C(=O)c1cccc(COc2ccc(-c3cccc4[nH]ccc34)cc2)c1. The van der Waals surface area contributed by atoms with Crippen molar-refractivity contribution >= 4 is 22.8 Å². The third kappa shape index (κ3) is 4.20. The van der Waals surface area contributed by atoms with Crippen molar-refractivity contribution in [3.63, 3.8) is 0 Å². The van der Waals surface area contributed by atoms with Gasteiger partial charge in [-0.25, -0.2) is 4.79 Å². The van der Waals surface area contributed by atoms with E-state index in [0.717, 1.165) is 28.0 Å². The van der Waals surface area contributed by atoms with Crippen LogP contribution in [0.25, 0.3) is 22.0 Å². The molecule has 1 atom stereocenters. The number of carboxylic acids is 1. The number of rotatable bonds is 6. The number of carboxylic acid groups (broad SMARTS) is 1. The fourth-order valence-corrected chi connectivity index (χ4v) is 4.46. The van der Waals surface area contributed by atoms with Crippen molar-refractivity contribution in [2.45, 2.75) is 25.5 Å². The second kappa shape index (κ2) is 8.82. The Balaban J connectivity index is 1.27. The minimum atomic E-state index is -0.948. The number of carbonyl (C=O) groups is 2. The lowest BCUT2D eigenvalue weighted by Crippen LogP contribution is -2.40. The van der Waals surface area contributed by atoms with Crippen LogP contribution in [0.4, 0.5) is 0 Å². The minimum absolute atomic E-state index is 0.245. The molecule has 0 aliphatic carbocycles. The molecule has 5 rings (SSSR count). The standard InChI is InChI=1S/C27H24N2O4/c30-26(29-15-3-8-25(29)27(31)32)20-5-1-4-18(16-20)17-33-21-11-9-19(10-12-21)22-6-2-7-24-23(22)13-14-28-24/h1-2,4-7,9-14,16,25,28H,3,8,15,17H2,(H,31,32)/t25-/m0/s1. The largest absolute Gasteiger partial charge is 0.489 e. The third-order valence-corrected chi connectivity index (χ3v) is 6.14. The molecule has 1 saturated heterocycles. The Kier molecular flexibility index (Phi) is 5.57. The summed E-state index contributed by atoms with van der Waals surface area (Å²) in [7, 11) is 0. The first kappa shape index (κ1) is 20.8. The summed E-state index contributed by atoms with van der Waals surface area (Å²) >= 11 is 0. The summed E-state index contributed by atoms with van der Waals surface area (Å²) in [6, 6.07) is 22.7. The molecule has 6 nitrogen and oxygen atoms in total. The number of aliphatic carboxylic acids is 1. The molecule has 0 spiro atoms. The average molecular weight is 440 g/mol. The molecule has 1 fully saturated rings. The van der Waals surface area contributed by atoms with Crippen LogP contribution in [0.3, 0.4) is 0 Å². The summed E-state index contributed by atoms with van der Waals surface area (Å²) in [6.07, 6.45) is 3.15. The van der Waals surface area contributed by atoms with Gasteiger partial charge >= 0.3 is 5.97 Å². The molecule has 3 aromatic carbocycles. The number of hydrogen-bond donors (Lipinski definition) is 2. The van der Waals surface area contributed by atoms with Gasteiger partial charge in [-0.2, -0.15) is 0 Å². The average Bonchev–Trinajstić information content (AvgIpc) is 3.52. The van der Waals surface area contributed by atoms with E-state index >= 15 is 0 Å². The number of amides is 1. The summed E-state index contributed by atoms with van der Waals surface area (Å²) in [5.74, 6) is -0.455. The molecule has 6 heteroatoms. The van der Waals surface area contributed by atoms with Crippen LogP contribution < -0.4 is 4.74 Å². The number of nitrogens with one attached hydrogen (secondary N) is 1. The highest BCUT2D eigenvalue weighted by molar-refractivity contribution is 5.97. The van der Waals surface area contributed by atoms with Crippen LogP contribution in [-0.4, -0.2) is 39.5 Å². The van der Waals surface area contributed by atoms with Crippen LogP contribution in [0.15, 0.2) is 79.0 Å². The molecule has 33 heavy (non-hydrogen) atoms. The number of benzene rings is 3. The molecule has 1 aliphatic heterocycles. The fraction of sp³-hybridized carbons (Fsp3) is 0.185. The number of aromatic amines is 1. The number of ether oxygens (including phenoxy) is 1. The van der Waals surface area contributed by atoms with Crippen molar-refractivity contribution in [3.8, 4) is 16.9 Å². The van der Waals surface area contributed by atoms with Gasteiger partial charge in [0, 0.05) is 29.2 Å². The van der Waals surface area contributed by atoms with Crippen molar-refractivity contribution < 1.29 is 19.4 Å². The Morgan fingerprint density at radius 1 is 1.03 bits per heavy atom. The Hall–Kier alpha value is -4.06. The molecule has 0 bridgehead atoms. The van der Waals surface area contributed by atoms with Gasteiger partial charge in [0.05, 0.1) is 0 Å². The van der Waals surface area contributed by atoms with Crippen LogP contribution in [0.1, 0.15) is 28.8 Å². The van der Waals surface area contributed by atoms with Gasteiger partial charge in [0.2, 0.25) is 0 Å². The van der Waals surface area contributed by atoms with Gasteiger partial charge in [-0.15, -0.1) is 0 Å². The van der Waals surface area contributed by atoms with E-state index in [1.54, 1.807) is 18.2 Å². The van der Waals surface area contributed by atoms with Crippen LogP contribution in [0.2, 0.25) is 0 Å². The summed E-state index contributed by atoms with van der Waals surface area (Å²) < 4.78 is 5.95. The van der Waals surface area contributed by atoms with Gasteiger partial charge in [-0.05, 0) is 65.9 Å². The molecular weight excluding hydrogens is 416 g/mol. The van der Waals surface area contributed by atoms with E-state index in [-0.39, 0.29) is 5.91 Å². The molecule has 2 N–H and O–H groups in total. The van der Waals surface area contributed by atoms with E-state index in [9.17, 15) is 14.7 Å². The lowest BCUT2D eigenvalue weighted by molar-refractivity contribution is -0.141. The van der Waals surface area contributed by atoms with Crippen molar-refractivity contribution in [1.82, 2.24) is 9.88 Å². The molecule has 166 valence electrons. The minimum Gasteiger partial charge on any atom is -0.489 e. The predicted octanol–water partition coefficient (Wildman–Crippen LogP) is 5.10. The maximum Gasteiger partial charge on any atom is 0.326 e. The number of nitrogens with zero attached hydrogens (tertiary/aromatic N) is 1. The fourth-order valence-electron chi connectivity index (χ4n) is 4.46. The maximum absolute atomic E-state index is 12.9. The monoisotopic (exact) mass is 440 g/mol. The zero-order valence-electron chi connectivity index (χ0n) is 18.0. The second-order valence-electron chi connectivity index (χ2n) is 8.25. The predicted molar refractivity (Wildman–Crippen MR) is 126 cm³/mol. The quantitative estimate of drug-likeness (QED) is 0.437. The van der Waals surface area contributed by atoms with Crippen molar-refractivity contribution in [2.75, 3.05) is 6.54 Å². The number of H-pyrrole nitrogens is 1.